The number of methoxy groups -OCH3 is 1. The van der Waals surface area contributed by atoms with Crippen LogP contribution in [0.3, 0.4) is 0 Å². The van der Waals surface area contributed by atoms with E-state index in [0.717, 1.165) is 11.6 Å². The lowest BCUT2D eigenvalue weighted by Gasteiger charge is -2.09. The number of ether oxygens (including phenoxy) is 1. The van der Waals surface area contributed by atoms with Gasteiger partial charge in [0.25, 0.3) is 5.91 Å². The highest BCUT2D eigenvalue weighted by molar-refractivity contribution is 6.05. The van der Waals surface area contributed by atoms with Gasteiger partial charge in [0.15, 0.2) is 5.75 Å². The molecule has 2 amide bonds. The third-order valence-electron chi connectivity index (χ3n) is 4.27. The van der Waals surface area contributed by atoms with Crippen molar-refractivity contribution in [1.82, 2.24) is 0 Å². The molecule has 0 saturated heterocycles. The normalized spacial score (nSPS) is 10.2. The van der Waals surface area contributed by atoms with Gasteiger partial charge < -0.3 is 15.4 Å². The molecule has 0 saturated carbocycles. The molecule has 0 atom stereocenters. The van der Waals surface area contributed by atoms with Gasteiger partial charge in [-0.05, 0) is 42.0 Å². The average molecular weight is 405 g/mol. The first-order valence-electron chi connectivity index (χ1n) is 9.04. The van der Waals surface area contributed by atoms with Gasteiger partial charge in [-0.2, -0.15) is 0 Å². The lowest BCUT2D eigenvalue weighted by Crippen LogP contribution is -2.15. The monoisotopic (exact) mass is 405 g/mol. The Hall–Kier alpha value is -4.20. The van der Waals surface area contributed by atoms with E-state index < -0.39 is 10.8 Å². The standard InChI is InChI=1S/C22H19N3O5/c1-30-20-12-7-16(14-19(20)25(28)29)22(27)24-18-10-8-17(9-11-18)23-21(26)13-15-5-3-2-4-6-15/h2-12,14H,13H2,1H3,(H,23,26)(H,24,27). The number of hydrogen-bond acceptors (Lipinski definition) is 5. The highest BCUT2D eigenvalue weighted by atomic mass is 16.6. The van der Waals surface area contributed by atoms with Crippen molar-refractivity contribution in [3.05, 3.63) is 94.0 Å². The summed E-state index contributed by atoms with van der Waals surface area (Å²) < 4.78 is 4.93. The minimum absolute atomic E-state index is 0.0761. The third-order valence-corrected chi connectivity index (χ3v) is 4.27. The van der Waals surface area contributed by atoms with Crippen LogP contribution in [0.1, 0.15) is 15.9 Å². The number of nitro benzene ring substituents is 1. The first kappa shape index (κ1) is 20.5. The summed E-state index contributed by atoms with van der Waals surface area (Å²) in [5, 5.41) is 16.6. The molecular formula is C22H19N3O5. The summed E-state index contributed by atoms with van der Waals surface area (Å²) in [7, 11) is 1.32. The molecule has 0 radical (unpaired) electrons. The number of nitrogens with zero attached hydrogens (tertiary/aromatic N) is 1. The molecule has 0 aliphatic rings. The van der Waals surface area contributed by atoms with Crippen LogP contribution in [-0.2, 0) is 11.2 Å². The summed E-state index contributed by atoms with van der Waals surface area (Å²) in [5.41, 5.74) is 1.82. The first-order valence-corrected chi connectivity index (χ1v) is 9.04. The van der Waals surface area contributed by atoms with E-state index in [0.29, 0.717) is 11.4 Å². The van der Waals surface area contributed by atoms with Crippen LogP contribution < -0.4 is 15.4 Å². The van der Waals surface area contributed by atoms with E-state index in [1.807, 2.05) is 30.3 Å². The molecular weight excluding hydrogens is 386 g/mol. The lowest BCUT2D eigenvalue weighted by atomic mass is 10.1. The topological polar surface area (TPSA) is 111 Å². The minimum Gasteiger partial charge on any atom is -0.490 e. The number of carbonyl (C=O) groups excluding carboxylic acids is 2. The van der Waals surface area contributed by atoms with Gasteiger partial charge >= 0.3 is 5.69 Å². The predicted octanol–water partition coefficient (Wildman–Crippen LogP) is 4.04. The van der Waals surface area contributed by atoms with Crippen molar-refractivity contribution in [3.63, 3.8) is 0 Å². The van der Waals surface area contributed by atoms with E-state index in [-0.39, 0.29) is 29.3 Å². The summed E-state index contributed by atoms with van der Waals surface area (Å²) in [6, 6.07) is 20.0. The molecule has 3 aromatic rings. The van der Waals surface area contributed by atoms with Crippen LogP contribution in [0.5, 0.6) is 5.75 Å². The number of anilines is 2. The maximum Gasteiger partial charge on any atom is 0.311 e. The average Bonchev–Trinajstić information content (AvgIpc) is 2.75. The molecule has 0 heterocycles. The maximum atomic E-state index is 12.4. The van der Waals surface area contributed by atoms with E-state index >= 15 is 0 Å². The van der Waals surface area contributed by atoms with Crippen LogP contribution in [-0.4, -0.2) is 23.8 Å². The van der Waals surface area contributed by atoms with Gasteiger partial charge in [-0.1, -0.05) is 30.3 Å². The zero-order valence-corrected chi connectivity index (χ0v) is 16.1. The van der Waals surface area contributed by atoms with Crippen LogP contribution in [0.4, 0.5) is 17.1 Å². The number of amides is 2. The van der Waals surface area contributed by atoms with E-state index in [1.165, 1.54) is 19.2 Å². The van der Waals surface area contributed by atoms with E-state index in [2.05, 4.69) is 10.6 Å². The smallest absolute Gasteiger partial charge is 0.311 e. The number of nitro groups is 1. The van der Waals surface area contributed by atoms with Crippen molar-refractivity contribution in [2.45, 2.75) is 6.42 Å². The largest absolute Gasteiger partial charge is 0.490 e. The van der Waals surface area contributed by atoms with Gasteiger partial charge in [0.05, 0.1) is 18.5 Å². The Kier molecular flexibility index (Phi) is 6.39. The van der Waals surface area contributed by atoms with Gasteiger partial charge in [-0.15, -0.1) is 0 Å². The molecule has 3 rings (SSSR count). The second-order valence-electron chi connectivity index (χ2n) is 6.39. The van der Waals surface area contributed by atoms with E-state index in [1.54, 1.807) is 24.3 Å². The van der Waals surface area contributed by atoms with Crippen LogP contribution in [0.25, 0.3) is 0 Å². The Morgan fingerprint density at radius 2 is 1.57 bits per heavy atom. The van der Waals surface area contributed by atoms with E-state index in [4.69, 9.17) is 4.74 Å². The summed E-state index contributed by atoms with van der Waals surface area (Å²) in [5.74, 6) is -0.572. The Balaban J connectivity index is 1.62. The Morgan fingerprint density at radius 1 is 0.933 bits per heavy atom. The van der Waals surface area contributed by atoms with Crippen molar-refractivity contribution in [3.8, 4) is 5.75 Å². The molecule has 0 aliphatic carbocycles. The second kappa shape index (κ2) is 9.33. The molecule has 8 heteroatoms. The predicted molar refractivity (Wildman–Crippen MR) is 113 cm³/mol. The molecule has 0 aliphatic heterocycles. The number of benzene rings is 3. The molecule has 0 unspecified atom stereocenters. The lowest BCUT2D eigenvalue weighted by molar-refractivity contribution is -0.385. The zero-order valence-electron chi connectivity index (χ0n) is 16.1. The maximum absolute atomic E-state index is 12.4. The van der Waals surface area contributed by atoms with Crippen LogP contribution >= 0.6 is 0 Å². The molecule has 3 aromatic carbocycles. The van der Waals surface area contributed by atoms with Crippen molar-refractivity contribution in [2.75, 3.05) is 17.7 Å². The second-order valence-corrected chi connectivity index (χ2v) is 6.39. The van der Waals surface area contributed by atoms with Gasteiger partial charge in [0.2, 0.25) is 5.91 Å². The van der Waals surface area contributed by atoms with Crippen molar-refractivity contribution in [2.24, 2.45) is 0 Å². The number of rotatable bonds is 7. The van der Waals surface area contributed by atoms with Crippen molar-refractivity contribution in [1.29, 1.82) is 0 Å². The van der Waals surface area contributed by atoms with E-state index in [9.17, 15) is 19.7 Å². The molecule has 0 fully saturated rings. The number of carbonyl (C=O) groups is 2. The highest BCUT2D eigenvalue weighted by Gasteiger charge is 2.18. The summed E-state index contributed by atoms with van der Waals surface area (Å²) in [6.45, 7) is 0. The summed E-state index contributed by atoms with van der Waals surface area (Å²) in [6.07, 6.45) is 0.260. The van der Waals surface area contributed by atoms with Gasteiger partial charge in [0.1, 0.15) is 0 Å². The first-order chi connectivity index (χ1) is 14.5. The molecule has 30 heavy (non-hydrogen) atoms. The number of hydrogen-bond donors (Lipinski definition) is 2. The summed E-state index contributed by atoms with van der Waals surface area (Å²) in [4.78, 5) is 35.0. The van der Waals surface area contributed by atoms with Gasteiger partial charge in [-0.25, -0.2) is 0 Å². The third kappa shape index (κ3) is 5.20. The molecule has 2 N–H and O–H groups in total. The highest BCUT2D eigenvalue weighted by Crippen LogP contribution is 2.28. The molecule has 8 nitrogen and oxygen atoms in total. The Bertz CT molecular complexity index is 1070. The van der Waals surface area contributed by atoms with Crippen molar-refractivity contribution >= 4 is 28.9 Å². The fourth-order valence-electron chi connectivity index (χ4n) is 2.80. The van der Waals surface area contributed by atoms with Gasteiger partial charge in [0, 0.05) is 23.0 Å². The Morgan fingerprint density at radius 3 is 2.17 bits per heavy atom. The molecule has 0 spiro atoms. The van der Waals surface area contributed by atoms with Crippen LogP contribution in [0.2, 0.25) is 0 Å². The Labute approximate surface area is 172 Å². The zero-order chi connectivity index (χ0) is 21.5. The molecule has 152 valence electrons. The van der Waals surface area contributed by atoms with Crippen LogP contribution in [0.15, 0.2) is 72.8 Å². The fraction of sp³-hybridized carbons (Fsp3) is 0.0909. The summed E-state index contributed by atoms with van der Waals surface area (Å²) >= 11 is 0. The minimum atomic E-state index is -0.609. The molecule has 0 aromatic heterocycles. The fourth-order valence-corrected chi connectivity index (χ4v) is 2.80. The SMILES string of the molecule is COc1ccc(C(=O)Nc2ccc(NC(=O)Cc3ccccc3)cc2)cc1[N+](=O)[O-]. The molecule has 0 bridgehead atoms. The van der Waals surface area contributed by atoms with Crippen molar-refractivity contribution < 1.29 is 19.2 Å². The van der Waals surface area contributed by atoms with Gasteiger partial charge in [-0.3, -0.25) is 19.7 Å². The number of nitrogens with one attached hydrogen (secondary N) is 2. The van der Waals surface area contributed by atoms with Crippen LogP contribution in [0, 0.1) is 10.1 Å². The quantitative estimate of drug-likeness (QED) is 0.455.